The molecule has 0 aliphatic carbocycles. The highest BCUT2D eigenvalue weighted by Gasteiger charge is 2.27. The fourth-order valence-corrected chi connectivity index (χ4v) is 3.82. The smallest absolute Gasteiger partial charge is 0.419 e. The normalized spacial score (nSPS) is 15.1. The molecule has 1 fully saturated rings. The summed E-state index contributed by atoms with van der Waals surface area (Å²) < 4.78 is 11.9. The maximum Gasteiger partial charge on any atom is 0.419 e. The summed E-state index contributed by atoms with van der Waals surface area (Å²) in [6.07, 6.45) is -0.892. The van der Waals surface area contributed by atoms with Gasteiger partial charge < -0.3 is 19.0 Å². The molecule has 0 spiro atoms. The van der Waals surface area contributed by atoms with Gasteiger partial charge in [0, 0.05) is 38.4 Å². The maximum absolute atomic E-state index is 12.7. The quantitative estimate of drug-likeness (QED) is 0.566. The van der Waals surface area contributed by atoms with E-state index in [2.05, 4.69) is 17.0 Å². The fraction of sp³-hybridized carbons (Fsp3) is 0.348. The van der Waals surface area contributed by atoms with Crippen LogP contribution in [0.15, 0.2) is 63.8 Å². The van der Waals surface area contributed by atoms with E-state index in [1.54, 1.807) is 36.1 Å². The van der Waals surface area contributed by atoms with Crippen molar-refractivity contribution in [1.82, 2.24) is 9.47 Å². The summed E-state index contributed by atoms with van der Waals surface area (Å²) in [6, 6.07) is 17.1. The molecule has 1 amide bonds. The molecule has 8 heteroatoms. The van der Waals surface area contributed by atoms with E-state index in [1.165, 1.54) is 4.57 Å². The fourth-order valence-electron chi connectivity index (χ4n) is 3.82. The summed E-state index contributed by atoms with van der Waals surface area (Å²) in [6.45, 7) is 4.33. The second kappa shape index (κ2) is 9.07. The minimum absolute atomic E-state index is 0.0250. The highest BCUT2D eigenvalue weighted by Crippen LogP contribution is 2.16. The molecule has 1 aliphatic heterocycles. The number of hydrogen-bond donors (Lipinski definition) is 0. The summed E-state index contributed by atoms with van der Waals surface area (Å²) in [5, 5.41) is 0. The number of anilines is 1. The standard InChI is InChI=1S/C23H25N3O5/c1-17(22(28)25-15-13-24(14-16-25)18-7-3-2-4-8-18)30-21(27)11-12-26-19-9-5-6-10-20(19)31-23(26)29/h2-10,17H,11-16H2,1H3/t17-/m0/s1. The van der Waals surface area contributed by atoms with Gasteiger partial charge in [0.25, 0.3) is 5.91 Å². The van der Waals surface area contributed by atoms with Crippen molar-refractivity contribution in [2.75, 3.05) is 31.1 Å². The van der Waals surface area contributed by atoms with Crippen LogP contribution in [0.25, 0.3) is 11.1 Å². The van der Waals surface area contributed by atoms with E-state index in [1.807, 2.05) is 18.2 Å². The second-order valence-corrected chi connectivity index (χ2v) is 7.52. The molecule has 1 aromatic heterocycles. The summed E-state index contributed by atoms with van der Waals surface area (Å²) in [4.78, 5) is 40.9. The minimum atomic E-state index is -0.867. The number of ether oxygens (including phenoxy) is 1. The SMILES string of the molecule is C[C@H](OC(=O)CCn1c(=O)oc2ccccc21)C(=O)N1CCN(c2ccccc2)CC1. The number of rotatable bonds is 6. The Morgan fingerprint density at radius 2 is 1.68 bits per heavy atom. The molecule has 8 nitrogen and oxygen atoms in total. The Morgan fingerprint density at radius 1 is 1.00 bits per heavy atom. The van der Waals surface area contributed by atoms with Crippen LogP contribution in [0.5, 0.6) is 0 Å². The van der Waals surface area contributed by atoms with Crippen LogP contribution in [0.3, 0.4) is 0 Å². The molecule has 0 saturated carbocycles. The number of carbonyl (C=O) groups is 2. The van der Waals surface area contributed by atoms with Crippen LogP contribution in [0.2, 0.25) is 0 Å². The Bertz CT molecular complexity index is 1110. The number of amides is 1. The predicted octanol–water partition coefficient (Wildman–Crippen LogP) is 2.27. The van der Waals surface area contributed by atoms with Crippen molar-refractivity contribution in [3.8, 4) is 0 Å². The second-order valence-electron chi connectivity index (χ2n) is 7.52. The van der Waals surface area contributed by atoms with Gasteiger partial charge in [0.2, 0.25) is 0 Å². The number of piperazine rings is 1. The summed E-state index contributed by atoms with van der Waals surface area (Å²) in [7, 11) is 0. The largest absolute Gasteiger partial charge is 0.452 e. The third-order valence-corrected chi connectivity index (χ3v) is 5.48. The Hall–Kier alpha value is -3.55. The van der Waals surface area contributed by atoms with E-state index in [9.17, 15) is 14.4 Å². The van der Waals surface area contributed by atoms with Crippen LogP contribution in [-0.2, 0) is 20.9 Å². The number of benzene rings is 2. The van der Waals surface area contributed by atoms with Crippen molar-refractivity contribution in [3.05, 3.63) is 65.1 Å². The monoisotopic (exact) mass is 423 g/mol. The molecule has 2 aromatic carbocycles. The number of para-hydroxylation sites is 3. The first-order chi connectivity index (χ1) is 15.0. The zero-order valence-corrected chi connectivity index (χ0v) is 17.4. The topological polar surface area (TPSA) is 85.0 Å². The summed E-state index contributed by atoms with van der Waals surface area (Å²) >= 11 is 0. The van der Waals surface area contributed by atoms with Crippen LogP contribution < -0.4 is 10.7 Å². The molecule has 162 valence electrons. The summed E-state index contributed by atoms with van der Waals surface area (Å²) in [5.41, 5.74) is 2.23. The van der Waals surface area contributed by atoms with Crippen molar-refractivity contribution < 1.29 is 18.7 Å². The van der Waals surface area contributed by atoms with Crippen molar-refractivity contribution in [1.29, 1.82) is 0 Å². The van der Waals surface area contributed by atoms with E-state index < -0.39 is 17.8 Å². The third-order valence-electron chi connectivity index (χ3n) is 5.48. The van der Waals surface area contributed by atoms with Gasteiger partial charge in [0.05, 0.1) is 11.9 Å². The first-order valence-corrected chi connectivity index (χ1v) is 10.4. The molecular formula is C23H25N3O5. The first-order valence-electron chi connectivity index (χ1n) is 10.4. The summed E-state index contributed by atoms with van der Waals surface area (Å²) in [5.74, 6) is -1.25. The van der Waals surface area contributed by atoms with Crippen molar-refractivity contribution in [2.45, 2.75) is 26.0 Å². The van der Waals surface area contributed by atoms with Gasteiger partial charge in [0.15, 0.2) is 11.7 Å². The average Bonchev–Trinajstić information content (AvgIpc) is 3.12. The Labute approximate surface area is 179 Å². The van der Waals surface area contributed by atoms with Crippen molar-refractivity contribution >= 4 is 28.7 Å². The molecule has 1 saturated heterocycles. The zero-order valence-electron chi connectivity index (χ0n) is 17.4. The molecule has 0 unspecified atom stereocenters. The zero-order chi connectivity index (χ0) is 21.8. The lowest BCUT2D eigenvalue weighted by Gasteiger charge is -2.37. The van der Waals surface area contributed by atoms with Crippen LogP contribution in [0.4, 0.5) is 5.69 Å². The van der Waals surface area contributed by atoms with Gasteiger partial charge in [-0.1, -0.05) is 30.3 Å². The number of aromatic nitrogens is 1. The number of nitrogens with zero attached hydrogens (tertiary/aromatic N) is 3. The molecule has 1 aliphatic rings. The lowest BCUT2D eigenvalue weighted by Crippen LogP contribution is -2.51. The van der Waals surface area contributed by atoms with E-state index in [4.69, 9.17) is 9.15 Å². The first kappa shape index (κ1) is 20.7. The third kappa shape index (κ3) is 4.63. The average molecular weight is 423 g/mol. The highest BCUT2D eigenvalue weighted by molar-refractivity contribution is 5.83. The van der Waals surface area contributed by atoms with Crippen LogP contribution in [0, 0.1) is 0 Å². The molecule has 31 heavy (non-hydrogen) atoms. The number of carbonyl (C=O) groups excluding carboxylic acids is 2. The molecule has 0 radical (unpaired) electrons. The van der Waals surface area contributed by atoms with E-state index in [0.29, 0.717) is 24.2 Å². The number of hydrogen-bond acceptors (Lipinski definition) is 6. The van der Waals surface area contributed by atoms with Gasteiger partial charge >= 0.3 is 11.7 Å². The molecule has 0 N–H and O–H groups in total. The van der Waals surface area contributed by atoms with E-state index >= 15 is 0 Å². The molecule has 2 heterocycles. The Balaban J connectivity index is 1.27. The maximum atomic E-state index is 12.7. The van der Waals surface area contributed by atoms with E-state index in [0.717, 1.165) is 18.8 Å². The minimum Gasteiger partial charge on any atom is -0.452 e. The molecule has 3 aromatic rings. The van der Waals surface area contributed by atoms with E-state index in [-0.39, 0.29) is 18.9 Å². The Morgan fingerprint density at radius 3 is 2.42 bits per heavy atom. The van der Waals surface area contributed by atoms with Crippen LogP contribution in [0.1, 0.15) is 13.3 Å². The van der Waals surface area contributed by atoms with Gasteiger partial charge in [-0.25, -0.2) is 4.79 Å². The number of esters is 1. The van der Waals surface area contributed by atoms with Crippen molar-refractivity contribution in [2.24, 2.45) is 0 Å². The lowest BCUT2D eigenvalue weighted by molar-refractivity contribution is -0.159. The predicted molar refractivity (Wildman–Crippen MR) is 116 cm³/mol. The van der Waals surface area contributed by atoms with Crippen LogP contribution in [-0.4, -0.2) is 53.6 Å². The van der Waals surface area contributed by atoms with Gasteiger partial charge in [-0.3, -0.25) is 14.2 Å². The Kier molecular flexibility index (Phi) is 6.06. The van der Waals surface area contributed by atoms with Gasteiger partial charge in [-0.15, -0.1) is 0 Å². The van der Waals surface area contributed by atoms with Crippen molar-refractivity contribution in [3.63, 3.8) is 0 Å². The molecular weight excluding hydrogens is 398 g/mol. The van der Waals surface area contributed by atoms with Crippen LogP contribution >= 0.6 is 0 Å². The lowest BCUT2D eigenvalue weighted by atomic mass is 10.2. The van der Waals surface area contributed by atoms with Gasteiger partial charge in [0.1, 0.15) is 0 Å². The molecule has 1 atom stereocenters. The van der Waals surface area contributed by atoms with Gasteiger partial charge in [-0.05, 0) is 31.2 Å². The number of aryl methyl sites for hydroxylation is 1. The highest BCUT2D eigenvalue weighted by atomic mass is 16.5. The number of fused-ring (bicyclic) bond motifs is 1. The molecule has 0 bridgehead atoms. The van der Waals surface area contributed by atoms with Gasteiger partial charge in [-0.2, -0.15) is 0 Å². The molecule has 4 rings (SSSR count). The number of oxazole rings is 1.